The third-order valence-electron chi connectivity index (χ3n) is 5.83. The van der Waals surface area contributed by atoms with Crippen molar-refractivity contribution in [3.8, 4) is 17.1 Å². The normalized spacial score (nSPS) is 21.0. The van der Waals surface area contributed by atoms with Gasteiger partial charge in [-0.25, -0.2) is 23.3 Å². The number of nitrogens with two attached hydrogens (primary N) is 1. The van der Waals surface area contributed by atoms with Gasteiger partial charge in [0.15, 0.2) is 23.0 Å². The quantitative estimate of drug-likeness (QED) is 0.533. The van der Waals surface area contributed by atoms with Gasteiger partial charge >= 0.3 is 0 Å². The molecule has 2 fully saturated rings. The van der Waals surface area contributed by atoms with Crippen LogP contribution in [0.2, 0.25) is 0 Å². The zero-order valence-electron chi connectivity index (χ0n) is 17.4. The van der Waals surface area contributed by atoms with Crippen molar-refractivity contribution in [1.82, 2.24) is 24.9 Å². The number of carbonyl (C=O) groups is 1. The fourth-order valence-electron chi connectivity index (χ4n) is 4.00. The van der Waals surface area contributed by atoms with Crippen LogP contribution in [0.1, 0.15) is 41.4 Å². The molecule has 3 aromatic heterocycles. The molecule has 4 N–H and O–H groups in total. The van der Waals surface area contributed by atoms with Crippen molar-refractivity contribution in [3.63, 3.8) is 0 Å². The number of hydrogen-bond donors (Lipinski definition) is 3. The summed E-state index contributed by atoms with van der Waals surface area (Å²) in [5.74, 6) is -0.658. The summed E-state index contributed by atoms with van der Waals surface area (Å²) >= 11 is 0. The molecule has 2 aliphatic rings. The maximum atomic E-state index is 14.5. The Morgan fingerprint density at radius 1 is 1.31 bits per heavy atom. The minimum absolute atomic E-state index is 0.0414. The van der Waals surface area contributed by atoms with E-state index in [1.165, 1.54) is 16.6 Å². The molecule has 4 heterocycles. The summed E-state index contributed by atoms with van der Waals surface area (Å²) in [5.41, 5.74) is 7.15. The molecule has 0 spiro atoms. The third kappa shape index (κ3) is 3.62. The Morgan fingerprint density at radius 2 is 2.12 bits per heavy atom. The number of primary amides is 1. The van der Waals surface area contributed by atoms with Crippen LogP contribution >= 0.6 is 0 Å². The fraction of sp³-hybridized carbons (Fsp3) is 0.429. The first kappa shape index (κ1) is 20.6. The fourth-order valence-corrected chi connectivity index (χ4v) is 4.00. The number of nitrogens with zero attached hydrogens (tertiary/aromatic N) is 4. The third-order valence-corrected chi connectivity index (χ3v) is 5.83. The van der Waals surface area contributed by atoms with Gasteiger partial charge in [0.25, 0.3) is 5.91 Å². The molecule has 0 bridgehead atoms. The number of alkyl halides is 1. The van der Waals surface area contributed by atoms with Gasteiger partial charge in [0.2, 0.25) is 0 Å². The van der Waals surface area contributed by atoms with Gasteiger partial charge in [-0.1, -0.05) is 0 Å². The van der Waals surface area contributed by atoms with Crippen molar-refractivity contribution >= 4 is 17.4 Å². The van der Waals surface area contributed by atoms with Gasteiger partial charge in [-0.2, -0.15) is 5.10 Å². The number of aromatic nitrogens is 4. The van der Waals surface area contributed by atoms with E-state index in [4.69, 9.17) is 10.5 Å². The number of amides is 1. The van der Waals surface area contributed by atoms with E-state index < -0.39 is 23.9 Å². The van der Waals surface area contributed by atoms with E-state index in [9.17, 15) is 13.6 Å². The summed E-state index contributed by atoms with van der Waals surface area (Å²) in [6.45, 7) is 0.915. The van der Waals surface area contributed by atoms with Crippen molar-refractivity contribution in [2.45, 2.75) is 37.4 Å². The van der Waals surface area contributed by atoms with Crippen LogP contribution in [0.5, 0.6) is 5.75 Å². The Labute approximate surface area is 182 Å². The van der Waals surface area contributed by atoms with Crippen LogP contribution in [0.25, 0.3) is 17.0 Å². The summed E-state index contributed by atoms with van der Waals surface area (Å²) in [6.07, 6.45) is 1.18. The lowest BCUT2D eigenvalue weighted by Crippen LogP contribution is -2.46. The van der Waals surface area contributed by atoms with Gasteiger partial charge in [-0.3, -0.25) is 4.79 Å². The molecular formula is C21H23F2N7O2. The van der Waals surface area contributed by atoms with Crippen LogP contribution in [0.3, 0.4) is 0 Å². The highest BCUT2D eigenvalue weighted by atomic mass is 19.1. The second kappa shape index (κ2) is 7.97. The molecule has 1 aliphatic carbocycles. The molecule has 32 heavy (non-hydrogen) atoms. The molecule has 3 aromatic rings. The number of fused-ring (bicyclic) bond motifs is 1. The molecule has 1 saturated heterocycles. The Bertz CT molecular complexity index is 1190. The highest BCUT2D eigenvalue weighted by Crippen LogP contribution is 2.43. The average molecular weight is 443 g/mol. The van der Waals surface area contributed by atoms with E-state index >= 15 is 0 Å². The molecule has 1 unspecified atom stereocenters. The van der Waals surface area contributed by atoms with Crippen molar-refractivity contribution < 1.29 is 18.3 Å². The number of hydrogen-bond acceptors (Lipinski definition) is 7. The first-order valence-electron chi connectivity index (χ1n) is 10.5. The molecule has 0 aromatic carbocycles. The van der Waals surface area contributed by atoms with E-state index in [0.717, 1.165) is 18.5 Å². The van der Waals surface area contributed by atoms with Crippen molar-refractivity contribution in [3.05, 3.63) is 35.4 Å². The maximum Gasteiger partial charge on any atom is 0.269 e. The predicted octanol–water partition coefficient (Wildman–Crippen LogP) is 2.03. The topological polar surface area (TPSA) is 119 Å². The van der Waals surface area contributed by atoms with Crippen LogP contribution in [0.4, 0.5) is 14.6 Å². The molecule has 1 saturated carbocycles. The minimum atomic E-state index is -1.13. The smallest absolute Gasteiger partial charge is 0.269 e. The summed E-state index contributed by atoms with van der Waals surface area (Å²) in [7, 11) is 1.55. The number of nitrogens with one attached hydrogen (secondary N) is 2. The zero-order chi connectivity index (χ0) is 22.4. The standard InChI is InChI=1S/C21H23F2N7O2/c1-32-15-8-16-28-18(20(24)31)19(30(16)29-17(15)10-2-3-10)13-5-4-12(23)21(26-13)27-14-9-25-7-6-11(14)22/h4-5,8,10-11,14,25H,2-3,6-7,9H2,1H3,(H2,24,31)(H,26,27)/t11-,14?/m1/s1. The number of piperidine rings is 1. The van der Waals surface area contributed by atoms with Crippen LogP contribution in [0.15, 0.2) is 18.2 Å². The lowest BCUT2D eigenvalue weighted by atomic mass is 10.1. The Kier molecular flexibility index (Phi) is 5.12. The lowest BCUT2D eigenvalue weighted by Gasteiger charge is -2.28. The van der Waals surface area contributed by atoms with E-state index in [-0.39, 0.29) is 28.8 Å². The number of carbonyl (C=O) groups excluding carboxylic acids is 1. The van der Waals surface area contributed by atoms with Crippen LogP contribution < -0.4 is 21.1 Å². The molecular weight excluding hydrogens is 420 g/mol. The van der Waals surface area contributed by atoms with Gasteiger partial charge in [-0.05, 0) is 37.9 Å². The first-order chi connectivity index (χ1) is 15.5. The Hall–Kier alpha value is -3.34. The number of pyridine rings is 1. The first-order valence-corrected chi connectivity index (χ1v) is 10.5. The van der Waals surface area contributed by atoms with Crippen LogP contribution in [0, 0.1) is 5.82 Å². The molecule has 9 nitrogen and oxygen atoms in total. The highest BCUT2D eigenvalue weighted by Gasteiger charge is 2.31. The summed E-state index contributed by atoms with van der Waals surface area (Å²) in [6, 6.07) is 3.71. The highest BCUT2D eigenvalue weighted by molar-refractivity contribution is 5.98. The summed E-state index contributed by atoms with van der Waals surface area (Å²) in [4.78, 5) is 20.8. The summed E-state index contributed by atoms with van der Waals surface area (Å²) < 4.78 is 35.7. The molecule has 2 atom stereocenters. The SMILES string of the molecule is COc1cc2nc(C(N)=O)c(-c3ccc(F)c(NC4CNCC[C@H]4F)n3)n2nc1C1CC1. The Morgan fingerprint density at radius 3 is 2.81 bits per heavy atom. The van der Waals surface area contributed by atoms with Gasteiger partial charge < -0.3 is 21.1 Å². The summed E-state index contributed by atoms with van der Waals surface area (Å²) in [5, 5.41) is 10.6. The minimum Gasteiger partial charge on any atom is -0.495 e. The molecule has 0 radical (unpaired) electrons. The number of rotatable bonds is 6. The number of imidazole rings is 1. The van der Waals surface area contributed by atoms with Crippen molar-refractivity contribution in [2.75, 3.05) is 25.5 Å². The lowest BCUT2D eigenvalue weighted by molar-refractivity contribution is 0.0996. The molecule has 1 amide bonds. The number of anilines is 1. The largest absolute Gasteiger partial charge is 0.495 e. The molecule has 168 valence electrons. The predicted molar refractivity (Wildman–Crippen MR) is 113 cm³/mol. The molecule has 1 aliphatic heterocycles. The van der Waals surface area contributed by atoms with Crippen molar-refractivity contribution in [1.29, 1.82) is 0 Å². The van der Waals surface area contributed by atoms with Gasteiger partial charge in [0.1, 0.15) is 23.3 Å². The van der Waals surface area contributed by atoms with E-state index in [1.54, 1.807) is 13.2 Å². The Balaban J connectivity index is 1.62. The zero-order valence-corrected chi connectivity index (χ0v) is 17.4. The van der Waals surface area contributed by atoms with Gasteiger partial charge in [-0.15, -0.1) is 0 Å². The monoisotopic (exact) mass is 443 g/mol. The van der Waals surface area contributed by atoms with Gasteiger partial charge in [0.05, 0.1) is 18.8 Å². The van der Waals surface area contributed by atoms with Crippen LogP contribution in [-0.4, -0.2) is 57.9 Å². The molecule has 11 heteroatoms. The van der Waals surface area contributed by atoms with Crippen molar-refractivity contribution in [2.24, 2.45) is 5.73 Å². The number of methoxy groups -OCH3 is 1. The average Bonchev–Trinajstić information content (AvgIpc) is 3.56. The number of halogens is 2. The van der Waals surface area contributed by atoms with E-state index in [0.29, 0.717) is 30.9 Å². The second-order valence-electron chi connectivity index (χ2n) is 8.10. The van der Waals surface area contributed by atoms with E-state index in [1.807, 2.05) is 0 Å². The second-order valence-corrected chi connectivity index (χ2v) is 8.10. The van der Waals surface area contributed by atoms with E-state index in [2.05, 4.69) is 25.7 Å². The van der Waals surface area contributed by atoms with Crippen LogP contribution in [-0.2, 0) is 0 Å². The number of ether oxygens (including phenoxy) is 1. The van der Waals surface area contributed by atoms with Gasteiger partial charge in [0, 0.05) is 18.5 Å². The molecule has 5 rings (SSSR count). The maximum absolute atomic E-state index is 14.5.